The minimum Gasteiger partial charge on any atom is -0.437 e. The second-order valence-corrected chi connectivity index (χ2v) is 25.2. The monoisotopic (exact) mass is 414 g/mol. The Balaban J connectivity index is 4.82. The Hall–Kier alpha value is 0.628. The Kier molecular flexibility index (Phi) is 9.78. The van der Waals surface area contributed by atoms with Crippen LogP contribution in [0.1, 0.15) is 6.42 Å². The van der Waals surface area contributed by atoms with Crippen LogP contribution in [0.5, 0.6) is 0 Å². The highest BCUT2D eigenvalue weighted by Gasteiger charge is 2.44. The predicted molar refractivity (Wildman–Crippen MR) is 108 cm³/mol. The molecule has 0 radical (unpaired) electrons. The average Bonchev–Trinajstić information content (AvgIpc) is 2.19. The van der Waals surface area contributed by atoms with Crippen molar-refractivity contribution in [3.05, 3.63) is 0 Å². The lowest BCUT2D eigenvalue weighted by Gasteiger charge is -2.41. The molecule has 2 N–H and O–H groups in total. The van der Waals surface area contributed by atoms with Crippen LogP contribution < -0.4 is 0 Å². The largest absolute Gasteiger partial charge is 0.437 e. The first-order valence-electron chi connectivity index (χ1n) is 8.58. The molecule has 6 nitrogen and oxygen atoms in total. The zero-order valence-corrected chi connectivity index (χ0v) is 20.9. The lowest BCUT2D eigenvalue weighted by atomic mass is 10.5. The smallest absolute Gasteiger partial charge is 0.315 e. The van der Waals surface area contributed by atoms with Crippen molar-refractivity contribution in [3.8, 4) is 0 Å². The summed E-state index contributed by atoms with van der Waals surface area (Å²) in [4.78, 5) is 0. The van der Waals surface area contributed by atoms with E-state index in [1.165, 1.54) is 0 Å². The van der Waals surface area contributed by atoms with E-state index >= 15 is 0 Å². The summed E-state index contributed by atoms with van der Waals surface area (Å²) >= 11 is 0. The van der Waals surface area contributed by atoms with Gasteiger partial charge in [0, 0.05) is 6.61 Å². The molecule has 0 saturated carbocycles. The second kappa shape index (κ2) is 9.53. The highest BCUT2D eigenvalue weighted by molar-refractivity contribution is 6.89. The van der Waals surface area contributed by atoms with Crippen LogP contribution in [-0.4, -0.2) is 63.5 Å². The lowest BCUT2D eigenvalue weighted by molar-refractivity contribution is -0.0945. The third-order valence-corrected chi connectivity index (χ3v) is 16.3. The van der Waals surface area contributed by atoms with Gasteiger partial charge in [-0.1, -0.05) is 0 Å². The molecule has 1 atom stereocenters. The van der Waals surface area contributed by atoms with Crippen LogP contribution in [0.3, 0.4) is 0 Å². The van der Waals surface area contributed by atoms with E-state index in [4.69, 9.17) is 27.3 Å². The Morgan fingerprint density at radius 1 is 0.750 bits per heavy atom. The van der Waals surface area contributed by atoms with E-state index in [1.54, 1.807) is 0 Å². The van der Waals surface area contributed by atoms with E-state index in [0.717, 1.165) is 12.5 Å². The topological polar surface area (TPSA) is 77.4 Å². The minimum atomic E-state index is -2.38. The van der Waals surface area contributed by atoms with Gasteiger partial charge in [0.25, 0.3) is 0 Å². The summed E-state index contributed by atoms with van der Waals surface area (Å²) in [7, 11) is -8.06. The van der Waals surface area contributed by atoms with Crippen LogP contribution in [0.2, 0.25) is 65.0 Å². The molecule has 0 aliphatic heterocycles. The third-order valence-electron chi connectivity index (χ3n) is 2.72. The number of rotatable bonds is 12. The number of hydrogen-bond donors (Lipinski definition) is 2. The van der Waals surface area contributed by atoms with Gasteiger partial charge in [-0.3, -0.25) is 0 Å². The van der Waals surface area contributed by atoms with Gasteiger partial charge in [0.2, 0.25) is 0 Å². The molecule has 0 aromatic carbocycles. The van der Waals surface area contributed by atoms with Crippen LogP contribution in [0, 0.1) is 0 Å². The van der Waals surface area contributed by atoms with Crippen LogP contribution in [0.15, 0.2) is 0 Å². The van der Waals surface area contributed by atoms with Gasteiger partial charge in [0.1, 0.15) is 0 Å². The van der Waals surface area contributed by atoms with Gasteiger partial charge in [-0.15, -0.1) is 0 Å². The van der Waals surface area contributed by atoms with Gasteiger partial charge in [-0.05, 0) is 71.4 Å². The summed E-state index contributed by atoms with van der Waals surface area (Å²) in [5.41, 5.74) is 0. The third kappa shape index (κ3) is 13.9. The Morgan fingerprint density at radius 2 is 1.25 bits per heavy atom. The van der Waals surface area contributed by atoms with Crippen LogP contribution in [0.25, 0.3) is 0 Å². The predicted octanol–water partition coefficient (Wildman–Crippen LogP) is 3.20. The molecule has 0 aromatic rings. The van der Waals surface area contributed by atoms with E-state index < -0.39 is 40.0 Å². The highest BCUT2D eigenvalue weighted by atomic mass is 28.5. The van der Waals surface area contributed by atoms with E-state index in [1.807, 2.05) is 0 Å². The SMILES string of the molecule is C[Si](C)(C)O[Si](C)(C)O[Si](C)(CCCOCC(O)O)O[Si](C)(C)C. The minimum absolute atomic E-state index is 0.0625. The normalized spacial score (nSPS) is 16.5. The Bertz CT molecular complexity index is 367. The van der Waals surface area contributed by atoms with Crippen molar-refractivity contribution in [2.45, 2.75) is 77.7 Å². The highest BCUT2D eigenvalue weighted by Crippen LogP contribution is 2.27. The molecule has 0 saturated heterocycles. The molecular formula is C14H38O6Si4. The van der Waals surface area contributed by atoms with Crippen molar-refractivity contribution in [1.29, 1.82) is 0 Å². The van der Waals surface area contributed by atoms with Crippen molar-refractivity contribution in [2.75, 3.05) is 13.2 Å². The van der Waals surface area contributed by atoms with Gasteiger partial charge < -0.3 is 27.3 Å². The van der Waals surface area contributed by atoms with Crippen molar-refractivity contribution in [2.24, 2.45) is 0 Å². The molecule has 0 heterocycles. The number of aliphatic hydroxyl groups is 2. The Morgan fingerprint density at radius 3 is 1.67 bits per heavy atom. The molecule has 0 fully saturated rings. The molecular weight excluding hydrogens is 376 g/mol. The summed E-state index contributed by atoms with van der Waals surface area (Å²) in [5, 5.41) is 17.6. The maximum absolute atomic E-state index is 8.81. The molecule has 24 heavy (non-hydrogen) atoms. The van der Waals surface area contributed by atoms with Gasteiger partial charge in [0.05, 0.1) is 6.61 Å². The molecule has 10 heteroatoms. The fraction of sp³-hybridized carbons (Fsp3) is 1.00. The first-order valence-corrected chi connectivity index (χ1v) is 20.7. The summed E-state index contributed by atoms with van der Waals surface area (Å²) in [6, 6.07) is 0.810. The molecule has 0 aliphatic rings. The second-order valence-electron chi connectivity index (χ2n) is 8.72. The number of aliphatic hydroxyl groups excluding tert-OH is 1. The van der Waals surface area contributed by atoms with Gasteiger partial charge >= 0.3 is 17.1 Å². The zero-order chi connectivity index (χ0) is 19.2. The zero-order valence-electron chi connectivity index (χ0n) is 16.9. The summed E-state index contributed by atoms with van der Waals surface area (Å²) in [6.45, 7) is 19.8. The van der Waals surface area contributed by atoms with Gasteiger partial charge in [0.15, 0.2) is 22.9 Å². The molecule has 0 bridgehead atoms. The summed E-state index contributed by atoms with van der Waals surface area (Å²) < 4.78 is 24.6. The average molecular weight is 415 g/mol. The molecule has 146 valence electrons. The first-order chi connectivity index (χ1) is 10.5. The Labute approximate surface area is 152 Å². The van der Waals surface area contributed by atoms with Crippen LogP contribution in [-0.2, 0) is 17.1 Å². The molecule has 1 unspecified atom stereocenters. The van der Waals surface area contributed by atoms with Gasteiger partial charge in [-0.2, -0.15) is 0 Å². The molecule has 0 rings (SSSR count). The maximum Gasteiger partial charge on any atom is 0.315 e. The first kappa shape index (κ1) is 24.6. The molecule has 0 spiro atoms. The number of hydrogen-bond acceptors (Lipinski definition) is 6. The quantitative estimate of drug-likeness (QED) is 0.290. The van der Waals surface area contributed by atoms with Crippen molar-refractivity contribution in [1.82, 2.24) is 0 Å². The van der Waals surface area contributed by atoms with E-state index in [-0.39, 0.29) is 6.61 Å². The van der Waals surface area contributed by atoms with E-state index in [2.05, 4.69) is 58.9 Å². The van der Waals surface area contributed by atoms with Gasteiger partial charge in [-0.25, -0.2) is 0 Å². The summed E-state index contributed by atoms with van der Waals surface area (Å²) in [5.74, 6) is 0. The van der Waals surface area contributed by atoms with E-state index in [9.17, 15) is 0 Å². The van der Waals surface area contributed by atoms with Crippen LogP contribution >= 0.6 is 0 Å². The fourth-order valence-corrected chi connectivity index (χ4v) is 20.7. The molecule has 0 amide bonds. The van der Waals surface area contributed by atoms with Crippen LogP contribution in [0.4, 0.5) is 0 Å². The van der Waals surface area contributed by atoms with Crippen molar-refractivity contribution >= 4 is 33.8 Å². The standard InChI is InChI=1S/C14H38O6Si4/c1-21(2,3)18-23(7,8)20-24(9,19-22(4,5)6)12-10-11-17-13-14(15)16/h14-16H,10-13H2,1-9H3. The maximum atomic E-state index is 8.81. The fourth-order valence-electron chi connectivity index (χ4n) is 2.73. The summed E-state index contributed by atoms with van der Waals surface area (Å²) in [6.07, 6.45) is -0.642. The lowest BCUT2D eigenvalue weighted by Crippen LogP contribution is -2.56. The van der Waals surface area contributed by atoms with Crippen molar-refractivity contribution < 1.29 is 27.3 Å². The van der Waals surface area contributed by atoms with E-state index in [0.29, 0.717) is 6.61 Å². The number of ether oxygens (including phenoxy) is 1. The van der Waals surface area contributed by atoms with Crippen molar-refractivity contribution in [3.63, 3.8) is 0 Å². The molecule has 0 aliphatic carbocycles. The molecule has 0 aromatic heterocycles.